The molecule has 22 heavy (non-hydrogen) atoms. The molecule has 1 fully saturated rings. The van der Waals surface area contributed by atoms with E-state index in [0.717, 1.165) is 25.8 Å². The highest BCUT2D eigenvalue weighted by Gasteiger charge is 2.52. The van der Waals surface area contributed by atoms with E-state index >= 15 is 0 Å². The van der Waals surface area contributed by atoms with Gasteiger partial charge in [0.2, 0.25) is 5.79 Å². The molecule has 1 aliphatic heterocycles. The van der Waals surface area contributed by atoms with Gasteiger partial charge in [0.1, 0.15) is 18.3 Å². The van der Waals surface area contributed by atoms with E-state index in [2.05, 4.69) is 17.4 Å². The number of ether oxygens (including phenoxy) is 1. The summed E-state index contributed by atoms with van der Waals surface area (Å²) in [6.07, 6.45) is -0.398. The van der Waals surface area contributed by atoms with Crippen molar-refractivity contribution in [1.29, 1.82) is 0 Å². The Kier molecular flexibility index (Phi) is 6.31. The van der Waals surface area contributed by atoms with Gasteiger partial charge in [-0.2, -0.15) is 0 Å². The van der Waals surface area contributed by atoms with Gasteiger partial charge in [-0.3, -0.25) is 0 Å². The van der Waals surface area contributed by atoms with Gasteiger partial charge in [-0.05, 0) is 31.4 Å². The molecule has 5 N–H and O–H groups in total. The zero-order valence-electron chi connectivity index (χ0n) is 12.6. The highest BCUT2D eigenvalue weighted by atomic mass is 16.7. The largest absolute Gasteiger partial charge is 0.391 e. The number of nitrogens with one attached hydrogen (secondary N) is 1. The standard InChI is InChI=1S/C16H25NO5/c18-11-16(21)15(20)14(19)13(22-16)10-17-9-5-4-8-12-6-2-1-3-7-12/h1-3,6-7,13-15,17-21H,4-5,8-11H2/t13-,14+,15-,16+/m1/s1. The molecule has 124 valence electrons. The number of aliphatic hydroxyl groups is 4. The van der Waals surface area contributed by atoms with Crippen LogP contribution in [0.25, 0.3) is 0 Å². The molecule has 6 nitrogen and oxygen atoms in total. The van der Waals surface area contributed by atoms with Crippen LogP contribution in [0, 0.1) is 0 Å². The van der Waals surface area contributed by atoms with Crippen LogP contribution in [0.1, 0.15) is 18.4 Å². The lowest BCUT2D eigenvalue weighted by molar-refractivity contribution is -0.245. The predicted octanol–water partition coefficient (Wildman–Crippen LogP) is -0.600. The fourth-order valence-electron chi connectivity index (χ4n) is 2.63. The van der Waals surface area contributed by atoms with E-state index in [0.29, 0.717) is 6.54 Å². The lowest BCUT2D eigenvalue weighted by atomic mass is 10.1. The Morgan fingerprint density at radius 1 is 1.14 bits per heavy atom. The average molecular weight is 311 g/mol. The molecular formula is C16H25NO5. The fraction of sp³-hybridized carbons (Fsp3) is 0.625. The molecule has 1 saturated heterocycles. The van der Waals surface area contributed by atoms with Crippen LogP contribution in [0.5, 0.6) is 0 Å². The monoisotopic (exact) mass is 311 g/mol. The maximum Gasteiger partial charge on any atom is 0.219 e. The maximum absolute atomic E-state index is 9.79. The normalized spacial score (nSPS) is 31.5. The summed E-state index contributed by atoms with van der Waals surface area (Å²) in [5, 5.41) is 41.3. The number of aliphatic hydroxyl groups excluding tert-OH is 3. The predicted molar refractivity (Wildman–Crippen MR) is 81.2 cm³/mol. The molecule has 0 bridgehead atoms. The highest BCUT2D eigenvalue weighted by molar-refractivity contribution is 5.14. The quantitative estimate of drug-likeness (QED) is 0.411. The molecular weight excluding hydrogens is 286 g/mol. The van der Waals surface area contributed by atoms with E-state index in [1.165, 1.54) is 5.56 Å². The van der Waals surface area contributed by atoms with Crippen molar-refractivity contribution in [2.45, 2.75) is 43.4 Å². The summed E-state index contributed by atoms with van der Waals surface area (Å²) < 4.78 is 5.14. The second kappa shape index (κ2) is 8.01. The van der Waals surface area contributed by atoms with E-state index < -0.39 is 30.7 Å². The summed E-state index contributed by atoms with van der Waals surface area (Å²) >= 11 is 0. The molecule has 1 heterocycles. The summed E-state index contributed by atoms with van der Waals surface area (Å²) in [5.41, 5.74) is 1.31. The molecule has 0 aromatic heterocycles. The summed E-state index contributed by atoms with van der Waals surface area (Å²) in [6.45, 7) is 0.317. The first-order chi connectivity index (χ1) is 10.6. The van der Waals surface area contributed by atoms with Crippen LogP contribution in [0.4, 0.5) is 0 Å². The van der Waals surface area contributed by atoms with Crippen molar-refractivity contribution >= 4 is 0 Å². The molecule has 0 unspecified atom stereocenters. The number of aryl methyl sites for hydroxylation is 1. The molecule has 1 aromatic carbocycles. The zero-order chi connectivity index (χ0) is 16.0. The molecule has 6 heteroatoms. The third-order valence-electron chi connectivity index (χ3n) is 4.01. The van der Waals surface area contributed by atoms with Crippen molar-refractivity contribution in [3.8, 4) is 0 Å². The Bertz CT molecular complexity index is 443. The minimum atomic E-state index is -2.07. The second-order valence-corrected chi connectivity index (χ2v) is 5.74. The van der Waals surface area contributed by atoms with Gasteiger partial charge in [-0.15, -0.1) is 0 Å². The van der Waals surface area contributed by atoms with Crippen molar-refractivity contribution in [2.24, 2.45) is 0 Å². The van der Waals surface area contributed by atoms with Crippen LogP contribution >= 0.6 is 0 Å². The molecule has 2 rings (SSSR count). The van der Waals surface area contributed by atoms with Gasteiger partial charge in [0.25, 0.3) is 0 Å². The minimum Gasteiger partial charge on any atom is -0.391 e. The molecule has 0 saturated carbocycles. The number of hydrogen-bond donors (Lipinski definition) is 5. The molecule has 1 aromatic rings. The summed E-state index contributed by atoms with van der Waals surface area (Å²) in [7, 11) is 0. The maximum atomic E-state index is 9.79. The zero-order valence-corrected chi connectivity index (χ0v) is 12.6. The average Bonchev–Trinajstić information content (AvgIpc) is 2.76. The van der Waals surface area contributed by atoms with E-state index in [-0.39, 0.29) is 0 Å². The third-order valence-corrected chi connectivity index (χ3v) is 4.01. The number of unbranched alkanes of at least 4 members (excludes halogenated alkanes) is 1. The first kappa shape index (κ1) is 17.3. The van der Waals surface area contributed by atoms with Gasteiger partial charge >= 0.3 is 0 Å². The summed E-state index contributed by atoms with van der Waals surface area (Å²) in [6, 6.07) is 10.3. The van der Waals surface area contributed by atoms with Crippen molar-refractivity contribution in [3.63, 3.8) is 0 Å². The second-order valence-electron chi connectivity index (χ2n) is 5.74. The lowest BCUT2D eigenvalue weighted by Gasteiger charge is -2.22. The number of benzene rings is 1. The Balaban J connectivity index is 1.61. The molecule has 0 amide bonds. The van der Waals surface area contributed by atoms with Crippen LogP contribution in [-0.4, -0.2) is 64.2 Å². The van der Waals surface area contributed by atoms with Gasteiger partial charge < -0.3 is 30.5 Å². The fourth-order valence-corrected chi connectivity index (χ4v) is 2.63. The van der Waals surface area contributed by atoms with Gasteiger partial charge in [-0.25, -0.2) is 0 Å². The van der Waals surface area contributed by atoms with Crippen molar-refractivity contribution in [3.05, 3.63) is 35.9 Å². The smallest absolute Gasteiger partial charge is 0.219 e. The number of rotatable bonds is 8. The summed E-state index contributed by atoms with van der Waals surface area (Å²) in [4.78, 5) is 0. The van der Waals surface area contributed by atoms with Gasteiger partial charge in [0, 0.05) is 6.54 Å². The van der Waals surface area contributed by atoms with Crippen LogP contribution in [0.3, 0.4) is 0 Å². The molecule has 0 spiro atoms. The van der Waals surface area contributed by atoms with Crippen LogP contribution in [0.15, 0.2) is 30.3 Å². The number of hydrogen-bond acceptors (Lipinski definition) is 6. The lowest BCUT2D eigenvalue weighted by Crippen LogP contribution is -2.46. The first-order valence-electron chi connectivity index (χ1n) is 7.68. The Morgan fingerprint density at radius 3 is 2.50 bits per heavy atom. The van der Waals surface area contributed by atoms with Gasteiger partial charge in [0.15, 0.2) is 0 Å². The van der Waals surface area contributed by atoms with Crippen LogP contribution < -0.4 is 5.32 Å². The van der Waals surface area contributed by atoms with Crippen molar-refractivity contribution in [2.75, 3.05) is 19.7 Å². The van der Waals surface area contributed by atoms with Crippen molar-refractivity contribution < 1.29 is 25.2 Å². The van der Waals surface area contributed by atoms with Gasteiger partial charge in [-0.1, -0.05) is 30.3 Å². The topological polar surface area (TPSA) is 102 Å². The molecule has 1 aliphatic rings. The Morgan fingerprint density at radius 2 is 1.86 bits per heavy atom. The van der Waals surface area contributed by atoms with E-state index in [4.69, 9.17) is 9.84 Å². The summed E-state index contributed by atoms with van der Waals surface area (Å²) in [5.74, 6) is -2.07. The van der Waals surface area contributed by atoms with Crippen molar-refractivity contribution in [1.82, 2.24) is 5.32 Å². The molecule has 4 atom stereocenters. The Hall–Kier alpha value is -1.02. The SMILES string of the molecule is OC[C@]1(O)O[C@H](CNCCCCc2ccccc2)[C@H](O)[C@H]1O. The van der Waals surface area contributed by atoms with Crippen LogP contribution in [0.2, 0.25) is 0 Å². The van der Waals surface area contributed by atoms with Gasteiger partial charge in [0.05, 0.1) is 6.61 Å². The first-order valence-corrected chi connectivity index (χ1v) is 7.68. The van der Waals surface area contributed by atoms with E-state index in [1.807, 2.05) is 18.2 Å². The highest BCUT2D eigenvalue weighted by Crippen LogP contribution is 2.28. The van der Waals surface area contributed by atoms with Crippen LogP contribution in [-0.2, 0) is 11.2 Å². The minimum absolute atomic E-state index is 0.311. The third kappa shape index (κ3) is 4.25. The van der Waals surface area contributed by atoms with E-state index in [9.17, 15) is 15.3 Å². The van der Waals surface area contributed by atoms with E-state index in [1.54, 1.807) is 0 Å². The molecule has 0 radical (unpaired) electrons. The molecule has 0 aliphatic carbocycles. The Labute approximate surface area is 130 Å².